The van der Waals surface area contributed by atoms with E-state index in [-0.39, 0.29) is 0 Å². The largest absolute Gasteiger partial charge is 0.328 e. The van der Waals surface area contributed by atoms with Gasteiger partial charge < -0.3 is 11.1 Å². The third kappa shape index (κ3) is 8.02. The molecule has 1 rings (SSSR count). The molecule has 0 saturated heterocycles. The summed E-state index contributed by atoms with van der Waals surface area (Å²) in [7, 11) is 1.96. The summed E-state index contributed by atoms with van der Waals surface area (Å²) in [4.78, 5) is 0. The Hall–Kier alpha value is -0.0800. The molecule has 0 aromatic carbocycles. The highest BCUT2D eigenvalue weighted by Crippen LogP contribution is 2.14. The first-order valence-corrected chi connectivity index (χ1v) is 5.21. The average molecular weight is 172 g/mol. The van der Waals surface area contributed by atoms with Gasteiger partial charge in [0.25, 0.3) is 0 Å². The second-order valence-electron chi connectivity index (χ2n) is 3.50. The minimum Gasteiger partial charge on any atom is -0.328 e. The molecule has 0 bridgehead atoms. The van der Waals surface area contributed by atoms with E-state index < -0.39 is 0 Å². The van der Waals surface area contributed by atoms with E-state index in [9.17, 15) is 0 Å². The quantitative estimate of drug-likeness (QED) is 0.667. The minimum absolute atomic E-state index is 0.536. The SMILES string of the molecule is CCCNC.NC1CCCCC1. The summed E-state index contributed by atoms with van der Waals surface area (Å²) in [6.07, 6.45) is 7.90. The molecule has 1 aliphatic carbocycles. The van der Waals surface area contributed by atoms with E-state index in [0.29, 0.717) is 6.04 Å². The Kier molecular flexibility index (Phi) is 8.95. The lowest BCUT2D eigenvalue weighted by Gasteiger charge is -2.15. The number of nitrogens with two attached hydrogens (primary N) is 1. The van der Waals surface area contributed by atoms with Crippen LogP contribution in [0.1, 0.15) is 45.4 Å². The van der Waals surface area contributed by atoms with E-state index in [2.05, 4.69) is 12.2 Å². The molecule has 0 aromatic rings. The topological polar surface area (TPSA) is 38.0 Å². The third-order valence-corrected chi connectivity index (χ3v) is 2.15. The average Bonchev–Trinajstić information content (AvgIpc) is 2.08. The van der Waals surface area contributed by atoms with Gasteiger partial charge in [-0.25, -0.2) is 0 Å². The van der Waals surface area contributed by atoms with Gasteiger partial charge in [0.1, 0.15) is 0 Å². The Morgan fingerprint density at radius 2 is 1.83 bits per heavy atom. The van der Waals surface area contributed by atoms with Gasteiger partial charge in [-0.2, -0.15) is 0 Å². The minimum atomic E-state index is 0.536. The van der Waals surface area contributed by atoms with Crippen molar-refractivity contribution in [1.29, 1.82) is 0 Å². The van der Waals surface area contributed by atoms with Crippen molar-refractivity contribution in [3.8, 4) is 0 Å². The first kappa shape index (κ1) is 11.9. The molecule has 3 N–H and O–H groups in total. The van der Waals surface area contributed by atoms with Crippen molar-refractivity contribution in [2.75, 3.05) is 13.6 Å². The standard InChI is InChI=1S/C6H13N.C4H11N/c7-6-4-2-1-3-5-6;1-3-4-5-2/h6H,1-5,7H2;5H,3-4H2,1-2H3. The van der Waals surface area contributed by atoms with Crippen molar-refractivity contribution in [2.45, 2.75) is 51.5 Å². The Labute approximate surface area is 76.9 Å². The van der Waals surface area contributed by atoms with Crippen molar-refractivity contribution >= 4 is 0 Å². The van der Waals surface area contributed by atoms with E-state index in [1.807, 2.05) is 7.05 Å². The monoisotopic (exact) mass is 172 g/mol. The van der Waals surface area contributed by atoms with Crippen molar-refractivity contribution in [3.05, 3.63) is 0 Å². The van der Waals surface area contributed by atoms with Crippen LogP contribution in [-0.4, -0.2) is 19.6 Å². The van der Waals surface area contributed by atoms with E-state index in [4.69, 9.17) is 5.73 Å². The highest BCUT2D eigenvalue weighted by Gasteiger charge is 2.06. The maximum Gasteiger partial charge on any atom is 0.00388 e. The van der Waals surface area contributed by atoms with Crippen LogP contribution in [0.15, 0.2) is 0 Å². The van der Waals surface area contributed by atoms with Crippen LogP contribution in [0, 0.1) is 0 Å². The first-order chi connectivity index (χ1) is 5.81. The maximum absolute atomic E-state index is 5.63. The molecular formula is C10H24N2. The van der Waals surface area contributed by atoms with Crippen molar-refractivity contribution in [3.63, 3.8) is 0 Å². The highest BCUT2D eigenvalue weighted by atomic mass is 14.8. The molecule has 0 amide bonds. The van der Waals surface area contributed by atoms with E-state index >= 15 is 0 Å². The molecule has 74 valence electrons. The maximum atomic E-state index is 5.63. The second kappa shape index (κ2) is 9.01. The van der Waals surface area contributed by atoms with Crippen molar-refractivity contribution in [1.82, 2.24) is 5.32 Å². The van der Waals surface area contributed by atoms with Gasteiger partial charge in [0.05, 0.1) is 0 Å². The summed E-state index contributed by atoms with van der Waals surface area (Å²) in [5.41, 5.74) is 5.63. The lowest BCUT2D eigenvalue weighted by Crippen LogP contribution is -2.22. The van der Waals surface area contributed by atoms with Gasteiger partial charge in [0.2, 0.25) is 0 Å². The van der Waals surface area contributed by atoms with Crippen LogP contribution in [0.2, 0.25) is 0 Å². The molecule has 0 spiro atoms. The highest BCUT2D eigenvalue weighted by molar-refractivity contribution is 4.66. The summed E-state index contributed by atoms with van der Waals surface area (Å²) in [5.74, 6) is 0. The molecule has 1 fully saturated rings. The fraction of sp³-hybridized carbons (Fsp3) is 1.00. The Bertz CT molecular complexity index is 75.9. The molecule has 0 radical (unpaired) electrons. The molecule has 0 unspecified atom stereocenters. The van der Waals surface area contributed by atoms with Gasteiger partial charge >= 0.3 is 0 Å². The van der Waals surface area contributed by atoms with Crippen LogP contribution in [0.25, 0.3) is 0 Å². The lowest BCUT2D eigenvalue weighted by atomic mass is 9.97. The van der Waals surface area contributed by atoms with Gasteiger partial charge in [-0.1, -0.05) is 26.2 Å². The van der Waals surface area contributed by atoms with E-state index in [1.54, 1.807) is 0 Å². The molecule has 2 nitrogen and oxygen atoms in total. The normalized spacial score (nSPS) is 18.2. The molecule has 0 aromatic heterocycles. The first-order valence-electron chi connectivity index (χ1n) is 5.21. The van der Waals surface area contributed by atoms with E-state index in [0.717, 1.165) is 6.54 Å². The number of nitrogens with one attached hydrogen (secondary N) is 1. The summed E-state index contributed by atoms with van der Waals surface area (Å²) in [5, 5.41) is 3.02. The zero-order chi connectivity index (χ0) is 9.23. The zero-order valence-corrected chi connectivity index (χ0v) is 8.60. The third-order valence-electron chi connectivity index (χ3n) is 2.15. The van der Waals surface area contributed by atoms with Gasteiger partial charge in [-0.15, -0.1) is 0 Å². The van der Waals surface area contributed by atoms with E-state index in [1.165, 1.54) is 38.5 Å². The van der Waals surface area contributed by atoms with Crippen LogP contribution in [0.4, 0.5) is 0 Å². The molecule has 0 atom stereocenters. The number of hydrogen-bond acceptors (Lipinski definition) is 2. The van der Waals surface area contributed by atoms with Gasteiger partial charge in [0.15, 0.2) is 0 Å². The fourth-order valence-corrected chi connectivity index (χ4v) is 1.38. The van der Waals surface area contributed by atoms with Crippen LogP contribution >= 0.6 is 0 Å². The molecule has 2 heteroatoms. The summed E-state index contributed by atoms with van der Waals surface area (Å²) >= 11 is 0. The van der Waals surface area contributed by atoms with Gasteiger partial charge in [-0.3, -0.25) is 0 Å². The van der Waals surface area contributed by atoms with Crippen molar-refractivity contribution in [2.24, 2.45) is 5.73 Å². The summed E-state index contributed by atoms with van der Waals surface area (Å²) in [6.45, 7) is 3.29. The predicted octanol–water partition coefficient (Wildman–Crippen LogP) is 1.89. The van der Waals surface area contributed by atoms with Crippen LogP contribution in [0.3, 0.4) is 0 Å². The lowest BCUT2D eigenvalue weighted by molar-refractivity contribution is 0.441. The molecule has 12 heavy (non-hydrogen) atoms. The van der Waals surface area contributed by atoms with Crippen LogP contribution < -0.4 is 11.1 Å². The molecule has 1 saturated carbocycles. The molecule has 1 aliphatic rings. The Balaban J connectivity index is 0.000000217. The number of rotatable bonds is 2. The predicted molar refractivity (Wildman–Crippen MR) is 55.3 cm³/mol. The van der Waals surface area contributed by atoms with Gasteiger partial charge in [-0.05, 0) is 32.9 Å². The molecule has 0 aliphatic heterocycles. The fourth-order valence-electron chi connectivity index (χ4n) is 1.38. The smallest absolute Gasteiger partial charge is 0.00388 e. The number of hydrogen-bond donors (Lipinski definition) is 2. The Morgan fingerprint density at radius 3 is 2.00 bits per heavy atom. The van der Waals surface area contributed by atoms with Gasteiger partial charge in [0, 0.05) is 6.04 Å². The zero-order valence-electron chi connectivity index (χ0n) is 8.60. The Morgan fingerprint density at radius 1 is 1.25 bits per heavy atom. The van der Waals surface area contributed by atoms with Crippen molar-refractivity contribution < 1.29 is 0 Å². The van der Waals surface area contributed by atoms with Crippen LogP contribution in [0.5, 0.6) is 0 Å². The van der Waals surface area contributed by atoms with Crippen LogP contribution in [-0.2, 0) is 0 Å². The summed E-state index contributed by atoms with van der Waals surface area (Å²) in [6, 6.07) is 0.536. The summed E-state index contributed by atoms with van der Waals surface area (Å²) < 4.78 is 0. The molecular weight excluding hydrogens is 148 g/mol. The second-order valence-corrected chi connectivity index (χ2v) is 3.50. The molecule has 0 heterocycles.